The number of amides is 1. The molecule has 0 radical (unpaired) electrons. The Bertz CT molecular complexity index is 1190. The Hall–Kier alpha value is -2.67. The van der Waals surface area contributed by atoms with Gasteiger partial charge in [0.25, 0.3) is 5.91 Å². The van der Waals surface area contributed by atoms with E-state index in [1.54, 1.807) is 30.2 Å². The molecule has 0 saturated heterocycles. The molecule has 0 spiro atoms. The van der Waals surface area contributed by atoms with Crippen LogP contribution in [0.2, 0.25) is 0 Å². The summed E-state index contributed by atoms with van der Waals surface area (Å²) in [6.07, 6.45) is 3.35. The van der Waals surface area contributed by atoms with Crippen molar-refractivity contribution in [1.29, 1.82) is 0 Å². The predicted octanol–water partition coefficient (Wildman–Crippen LogP) is 0.221. The molecule has 8 heteroatoms. The van der Waals surface area contributed by atoms with E-state index in [1.165, 1.54) is 4.90 Å². The maximum absolute atomic E-state index is 13.2. The number of hydrogen-bond donors (Lipinski definition) is 3. The lowest BCUT2D eigenvalue weighted by Crippen LogP contribution is -3.04. The first kappa shape index (κ1) is 25.0. The van der Waals surface area contributed by atoms with Crippen LogP contribution in [0.25, 0.3) is 17.0 Å². The number of carbonyl (C=O) groups excluding carboxylic acids is 1. The lowest BCUT2D eigenvalue weighted by atomic mass is 9.95. The second-order valence-corrected chi connectivity index (χ2v) is 8.91. The number of benzene rings is 2. The number of carbonyl (C=O) groups is 1. The predicted molar refractivity (Wildman–Crippen MR) is 129 cm³/mol. The number of aryl methyl sites for hydroxylation is 1. The first-order valence-corrected chi connectivity index (χ1v) is 11.2. The number of aromatic hydroxyl groups is 1. The van der Waals surface area contributed by atoms with Crippen LogP contribution >= 0.6 is 11.6 Å². The smallest absolute Gasteiger partial charge is 0.251 e. The van der Waals surface area contributed by atoms with Gasteiger partial charge in [-0.25, -0.2) is 0 Å². The summed E-state index contributed by atoms with van der Waals surface area (Å²) < 4.78 is 5.18. The molecule has 1 amide bonds. The van der Waals surface area contributed by atoms with Crippen molar-refractivity contribution in [3.63, 3.8) is 0 Å². The number of aromatic amines is 1. The number of methoxy groups -OCH3 is 1. The molecule has 0 aliphatic carbocycles. The van der Waals surface area contributed by atoms with E-state index >= 15 is 0 Å². The van der Waals surface area contributed by atoms with Gasteiger partial charge in [-0.3, -0.25) is 4.79 Å². The Kier molecular flexibility index (Phi) is 7.62. The van der Waals surface area contributed by atoms with Crippen LogP contribution in [-0.4, -0.2) is 49.6 Å². The molecule has 2 aromatic carbocycles. The van der Waals surface area contributed by atoms with E-state index in [9.17, 15) is 9.90 Å². The molecule has 0 saturated carbocycles. The monoisotopic (exact) mass is 489 g/mol. The summed E-state index contributed by atoms with van der Waals surface area (Å²) in [5.41, 5.74) is 5.59. The Morgan fingerprint density at radius 3 is 2.64 bits per heavy atom. The fourth-order valence-corrected chi connectivity index (χ4v) is 4.74. The van der Waals surface area contributed by atoms with Crippen LogP contribution in [0.15, 0.2) is 36.4 Å². The number of quaternary nitrogens is 1. The fourth-order valence-electron chi connectivity index (χ4n) is 4.49. The highest BCUT2D eigenvalue weighted by molar-refractivity contribution is 6.19. The van der Waals surface area contributed by atoms with Crippen molar-refractivity contribution in [1.82, 2.24) is 4.98 Å². The van der Waals surface area contributed by atoms with Gasteiger partial charge in [-0.05, 0) is 36.3 Å². The zero-order valence-corrected chi connectivity index (χ0v) is 20.7. The van der Waals surface area contributed by atoms with Gasteiger partial charge < -0.3 is 37.0 Å². The van der Waals surface area contributed by atoms with Gasteiger partial charge in [-0.1, -0.05) is 12.1 Å². The second-order valence-electron chi connectivity index (χ2n) is 8.60. The molecule has 1 atom stereocenters. The molecule has 6 nitrogen and oxygen atoms in total. The zero-order valence-electron chi connectivity index (χ0n) is 19.2. The van der Waals surface area contributed by atoms with Crippen LogP contribution in [0.4, 0.5) is 5.69 Å². The van der Waals surface area contributed by atoms with Crippen molar-refractivity contribution >= 4 is 40.2 Å². The van der Waals surface area contributed by atoms with Crippen LogP contribution < -0.4 is 26.9 Å². The number of anilines is 1. The van der Waals surface area contributed by atoms with Gasteiger partial charge in [0, 0.05) is 47.1 Å². The molecule has 1 aliphatic rings. The molecule has 1 aromatic heterocycles. The summed E-state index contributed by atoms with van der Waals surface area (Å²) >= 11 is 6.37. The van der Waals surface area contributed by atoms with E-state index in [4.69, 9.17) is 16.3 Å². The van der Waals surface area contributed by atoms with E-state index < -0.39 is 0 Å². The molecule has 2 heterocycles. The van der Waals surface area contributed by atoms with Gasteiger partial charge in [-0.15, -0.1) is 11.6 Å². The minimum absolute atomic E-state index is 0. The highest BCUT2D eigenvalue weighted by atomic mass is 35.5. The van der Waals surface area contributed by atoms with Crippen LogP contribution in [-0.2, 0) is 11.3 Å². The lowest BCUT2D eigenvalue weighted by molar-refractivity contribution is -0.872. The number of rotatable bonds is 6. The summed E-state index contributed by atoms with van der Waals surface area (Å²) in [6, 6.07) is 9.20. The van der Waals surface area contributed by atoms with Crippen molar-refractivity contribution in [2.45, 2.75) is 19.4 Å². The summed E-state index contributed by atoms with van der Waals surface area (Å²) in [7, 11) is 5.82. The molecule has 176 valence electrons. The van der Waals surface area contributed by atoms with Crippen molar-refractivity contribution in [3.8, 4) is 11.5 Å². The van der Waals surface area contributed by atoms with Gasteiger partial charge in [0.1, 0.15) is 18.0 Å². The van der Waals surface area contributed by atoms with Gasteiger partial charge >= 0.3 is 0 Å². The number of nitrogens with zero attached hydrogens (tertiary/aromatic N) is 1. The van der Waals surface area contributed by atoms with Gasteiger partial charge in [0.2, 0.25) is 0 Å². The van der Waals surface area contributed by atoms with E-state index in [0.717, 1.165) is 51.3 Å². The summed E-state index contributed by atoms with van der Waals surface area (Å²) in [4.78, 5) is 19.5. The van der Waals surface area contributed by atoms with Crippen LogP contribution in [0, 0.1) is 6.92 Å². The maximum atomic E-state index is 13.2. The lowest BCUT2D eigenvalue weighted by Gasteiger charge is -2.16. The summed E-state index contributed by atoms with van der Waals surface area (Å²) in [6.45, 7) is 3.32. The molecule has 33 heavy (non-hydrogen) atoms. The topological polar surface area (TPSA) is 70.0 Å². The fraction of sp³-hybridized carbons (Fsp3) is 0.320. The standard InChI is InChI=1S/C25H28ClN3O3.ClH/c1-15-19(14-28(2)3)24-23-17(12-26)13-29(20(23)11-21(30)25(24)27-15)22(31)10-7-16-5-8-18(32-4)9-6-16;/h5-11,17,27,30H,12-14H2,1-4H3;1H/b10-7+;. The minimum Gasteiger partial charge on any atom is -1.00 e. The maximum Gasteiger partial charge on any atom is 0.251 e. The van der Waals surface area contributed by atoms with Crippen LogP contribution in [0.3, 0.4) is 0 Å². The Labute approximate surface area is 205 Å². The average molecular weight is 490 g/mol. The number of halogens is 2. The van der Waals surface area contributed by atoms with E-state index in [-0.39, 0.29) is 30.0 Å². The first-order valence-electron chi connectivity index (χ1n) is 10.7. The minimum atomic E-state index is -0.138. The third-order valence-electron chi connectivity index (χ3n) is 6.01. The Balaban J connectivity index is 0.00000306. The van der Waals surface area contributed by atoms with Crippen LogP contribution in [0.5, 0.6) is 11.5 Å². The number of hydrogen-bond acceptors (Lipinski definition) is 3. The molecule has 4 rings (SSSR count). The number of phenolic OH excluding ortho intramolecular Hbond substituents is 1. The molecule has 3 N–H and O–H groups in total. The molecule has 1 aliphatic heterocycles. The summed E-state index contributed by atoms with van der Waals surface area (Å²) in [5.74, 6) is 1.18. The number of ether oxygens (including phenoxy) is 1. The zero-order chi connectivity index (χ0) is 23.0. The first-order chi connectivity index (χ1) is 15.3. The number of phenols is 1. The van der Waals surface area contributed by atoms with Gasteiger partial charge in [0.05, 0.1) is 32.4 Å². The number of nitrogens with one attached hydrogen (secondary N) is 2. The molecular formula is C25H29Cl2N3O3. The number of fused-ring (bicyclic) bond motifs is 3. The molecule has 0 bridgehead atoms. The SMILES string of the molecule is COc1ccc(/C=C/C(=O)N2CC(CCl)c3c2cc(O)c2[nH]c(C)c(C[NH+](C)C)c32)cc1.[Cl-]. The van der Waals surface area contributed by atoms with Crippen molar-refractivity contribution < 1.29 is 31.9 Å². The van der Waals surface area contributed by atoms with Crippen LogP contribution in [0.1, 0.15) is 28.3 Å². The number of alkyl halides is 1. The van der Waals surface area contributed by atoms with Crippen molar-refractivity contribution in [2.24, 2.45) is 0 Å². The summed E-state index contributed by atoms with van der Waals surface area (Å²) in [5, 5.41) is 11.8. The normalized spacial score (nSPS) is 15.3. The average Bonchev–Trinajstić information content (AvgIpc) is 3.30. The Morgan fingerprint density at radius 1 is 1.33 bits per heavy atom. The quantitative estimate of drug-likeness (QED) is 0.342. The highest BCUT2D eigenvalue weighted by Crippen LogP contribution is 2.46. The number of H-pyrrole nitrogens is 1. The Morgan fingerprint density at radius 2 is 2.03 bits per heavy atom. The third kappa shape index (κ3) is 4.69. The van der Waals surface area contributed by atoms with E-state index in [0.29, 0.717) is 12.4 Å². The van der Waals surface area contributed by atoms with Gasteiger partial charge in [0.15, 0.2) is 0 Å². The third-order valence-corrected chi connectivity index (χ3v) is 6.38. The highest BCUT2D eigenvalue weighted by Gasteiger charge is 2.35. The van der Waals surface area contributed by atoms with Crippen molar-refractivity contribution in [3.05, 3.63) is 58.8 Å². The van der Waals surface area contributed by atoms with E-state index in [1.807, 2.05) is 31.2 Å². The molecule has 0 fully saturated rings. The van der Waals surface area contributed by atoms with Crippen molar-refractivity contribution in [2.75, 3.05) is 38.5 Å². The van der Waals surface area contributed by atoms with E-state index in [2.05, 4.69) is 19.1 Å². The molecule has 1 unspecified atom stereocenters. The van der Waals surface area contributed by atoms with Gasteiger partial charge in [-0.2, -0.15) is 0 Å². The molecular weight excluding hydrogens is 461 g/mol. The largest absolute Gasteiger partial charge is 1.00 e. The molecule has 3 aromatic rings. The second kappa shape index (κ2) is 10.1. The number of aromatic nitrogens is 1.